The van der Waals surface area contributed by atoms with E-state index in [4.69, 9.17) is 10.5 Å². The average molecular weight is 282 g/mol. The summed E-state index contributed by atoms with van der Waals surface area (Å²) < 4.78 is 18.9. The zero-order valence-electron chi connectivity index (χ0n) is 11.6. The minimum atomic E-state index is -0.264. The molecule has 0 aliphatic heterocycles. The van der Waals surface area contributed by atoms with Crippen molar-refractivity contribution in [2.24, 2.45) is 0 Å². The van der Waals surface area contributed by atoms with E-state index in [2.05, 4.69) is 4.98 Å². The Morgan fingerprint density at radius 2 is 2.05 bits per heavy atom. The van der Waals surface area contributed by atoms with E-state index in [1.54, 1.807) is 12.3 Å². The van der Waals surface area contributed by atoms with Gasteiger partial charge in [-0.25, -0.2) is 4.39 Å². The normalized spacial score (nSPS) is 10.8. The lowest BCUT2D eigenvalue weighted by Crippen LogP contribution is -2.00. The van der Waals surface area contributed by atoms with Gasteiger partial charge in [0.15, 0.2) is 0 Å². The van der Waals surface area contributed by atoms with Gasteiger partial charge < -0.3 is 10.5 Å². The van der Waals surface area contributed by atoms with Gasteiger partial charge in [0.1, 0.15) is 18.2 Å². The maximum absolute atomic E-state index is 13.1. The van der Waals surface area contributed by atoms with E-state index in [1.165, 1.54) is 12.1 Å². The summed E-state index contributed by atoms with van der Waals surface area (Å²) in [6.07, 6.45) is 1.73. The highest BCUT2D eigenvalue weighted by molar-refractivity contribution is 5.92. The number of benzene rings is 2. The van der Waals surface area contributed by atoms with E-state index in [9.17, 15) is 4.39 Å². The number of hydrogen-bond acceptors (Lipinski definition) is 3. The number of nitrogen functional groups attached to an aromatic ring is 1. The molecule has 0 radical (unpaired) electrons. The average Bonchev–Trinajstić information content (AvgIpc) is 2.48. The van der Waals surface area contributed by atoms with E-state index < -0.39 is 0 Å². The number of nitrogens with two attached hydrogens (primary N) is 1. The number of ether oxygens (including phenoxy) is 1. The number of hydrogen-bond donors (Lipinski definition) is 1. The van der Waals surface area contributed by atoms with E-state index in [1.807, 2.05) is 31.2 Å². The summed E-state index contributed by atoms with van der Waals surface area (Å²) in [6, 6.07) is 12.0. The summed E-state index contributed by atoms with van der Waals surface area (Å²) in [6.45, 7) is 2.18. The number of aromatic nitrogens is 1. The van der Waals surface area contributed by atoms with Crippen LogP contribution in [-0.2, 0) is 6.61 Å². The van der Waals surface area contributed by atoms with E-state index in [0.717, 1.165) is 22.0 Å². The maximum Gasteiger partial charge on any atom is 0.123 e. The Morgan fingerprint density at radius 3 is 2.86 bits per heavy atom. The third-order valence-electron chi connectivity index (χ3n) is 3.41. The van der Waals surface area contributed by atoms with Crippen molar-refractivity contribution in [1.29, 1.82) is 0 Å². The number of halogens is 1. The first-order chi connectivity index (χ1) is 10.1. The Labute approximate surface area is 122 Å². The second-order valence-corrected chi connectivity index (χ2v) is 4.91. The fourth-order valence-corrected chi connectivity index (χ4v) is 2.30. The van der Waals surface area contributed by atoms with E-state index >= 15 is 0 Å². The number of rotatable bonds is 3. The third-order valence-corrected chi connectivity index (χ3v) is 3.41. The number of fused-ring (bicyclic) bond motifs is 1. The molecular weight excluding hydrogens is 267 g/mol. The lowest BCUT2D eigenvalue weighted by Gasteiger charge is -2.11. The minimum absolute atomic E-state index is 0.264. The number of nitrogens with zero attached hydrogens (tertiary/aromatic N) is 1. The van der Waals surface area contributed by atoms with Crippen LogP contribution < -0.4 is 10.5 Å². The Morgan fingerprint density at radius 1 is 1.19 bits per heavy atom. The summed E-state index contributed by atoms with van der Waals surface area (Å²) in [5, 5.41) is 0.912. The van der Waals surface area contributed by atoms with Crippen molar-refractivity contribution in [2.75, 3.05) is 5.73 Å². The van der Waals surface area contributed by atoms with Gasteiger partial charge in [-0.2, -0.15) is 0 Å². The zero-order valence-corrected chi connectivity index (χ0v) is 11.6. The van der Waals surface area contributed by atoms with Crippen LogP contribution in [0.1, 0.15) is 11.1 Å². The number of pyridine rings is 1. The molecule has 0 saturated heterocycles. The van der Waals surface area contributed by atoms with Crippen molar-refractivity contribution in [1.82, 2.24) is 4.98 Å². The molecule has 0 amide bonds. The molecule has 21 heavy (non-hydrogen) atoms. The van der Waals surface area contributed by atoms with Crippen molar-refractivity contribution in [3.05, 3.63) is 65.6 Å². The van der Waals surface area contributed by atoms with Crippen LogP contribution in [0, 0.1) is 12.7 Å². The third kappa shape index (κ3) is 2.65. The van der Waals surface area contributed by atoms with Crippen molar-refractivity contribution >= 4 is 16.6 Å². The molecule has 2 aromatic carbocycles. The molecule has 0 aliphatic rings. The molecule has 0 unspecified atom stereocenters. The van der Waals surface area contributed by atoms with Crippen LogP contribution in [0.3, 0.4) is 0 Å². The zero-order chi connectivity index (χ0) is 14.8. The maximum atomic E-state index is 13.1. The van der Waals surface area contributed by atoms with Gasteiger partial charge >= 0.3 is 0 Å². The summed E-state index contributed by atoms with van der Waals surface area (Å²) in [4.78, 5) is 4.37. The molecule has 2 N–H and O–H groups in total. The minimum Gasteiger partial charge on any atom is -0.489 e. The largest absolute Gasteiger partial charge is 0.489 e. The lowest BCUT2D eigenvalue weighted by molar-refractivity contribution is 0.305. The fraction of sp³-hybridized carbons (Fsp3) is 0.118. The Bertz CT molecular complexity index is 802. The molecule has 0 aliphatic carbocycles. The molecular formula is C17H15FN2O. The van der Waals surface area contributed by atoms with Gasteiger partial charge in [-0.1, -0.05) is 6.07 Å². The lowest BCUT2D eigenvalue weighted by atomic mass is 10.1. The van der Waals surface area contributed by atoms with Crippen molar-refractivity contribution in [3.63, 3.8) is 0 Å². The van der Waals surface area contributed by atoms with Crippen LogP contribution in [-0.4, -0.2) is 4.98 Å². The molecule has 0 fully saturated rings. The van der Waals surface area contributed by atoms with Crippen LogP contribution in [0.4, 0.5) is 10.1 Å². The molecule has 3 aromatic rings. The first kappa shape index (κ1) is 13.4. The van der Waals surface area contributed by atoms with Gasteiger partial charge in [-0.15, -0.1) is 0 Å². The topological polar surface area (TPSA) is 48.1 Å². The predicted molar refractivity (Wildman–Crippen MR) is 81.6 cm³/mol. The van der Waals surface area contributed by atoms with Gasteiger partial charge in [0.05, 0.1) is 5.52 Å². The molecule has 0 spiro atoms. The molecule has 0 saturated carbocycles. The smallest absolute Gasteiger partial charge is 0.123 e. The van der Waals surface area contributed by atoms with Gasteiger partial charge in [0, 0.05) is 22.8 Å². The summed E-state index contributed by atoms with van der Waals surface area (Å²) in [5.74, 6) is 0.400. The summed E-state index contributed by atoms with van der Waals surface area (Å²) in [5.41, 5.74) is 9.19. The molecule has 106 valence electrons. The Kier molecular flexibility index (Phi) is 3.44. The van der Waals surface area contributed by atoms with Gasteiger partial charge in [-0.05, 0) is 48.9 Å². The summed E-state index contributed by atoms with van der Waals surface area (Å²) >= 11 is 0. The molecule has 1 aromatic heterocycles. The SMILES string of the molecule is Cc1cc(F)ccc1OCc1ccc(N)c2cccnc12. The van der Waals surface area contributed by atoms with Crippen molar-refractivity contribution in [2.45, 2.75) is 13.5 Å². The molecule has 1 heterocycles. The molecule has 4 heteroatoms. The first-order valence-corrected chi connectivity index (χ1v) is 6.66. The predicted octanol–water partition coefficient (Wildman–Crippen LogP) is 3.84. The van der Waals surface area contributed by atoms with Crippen LogP contribution in [0.5, 0.6) is 5.75 Å². The second kappa shape index (κ2) is 5.40. The molecule has 0 atom stereocenters. The molecule has 3 nitrogen and oxygen atoms in total. The fourth-order valence-electron chi connectivity index (χ4n) is 2.30. The quantitative estimate of drug-likeness (QED) is 0.742. The number of anilines is 1. The van der Waals surface area contributed by atoms with Gasteiger partial charge in [0.2, 0.25) is 0 Å². The molecule has 0 bridgehead atoms. The van der Waals surface area contributed by atoms with Crippen LogP contribution in [0.15, 0.2) is 48.7 Å². The van der Waals surface area contributed by atoms with Crippen LogP contribution >= 0.6 is 0 Å². The van der Waals surface area contributed by atoms with Crippen molar-refractivity contribution < 1.29 is 9.13 Å². The second-order valence-electron chi connectivity index (χ2n) is 4.91. The summed E-state index contributed by atoms with van der Waals surface area (Å²) in [7, 11) is 0. The van der Waals surface area contributed by atoms with Gasteiger partial charge in [0.25, 0.3) is 0 Å². The van der Waals surface area contributed by atoms with Crippen LogP contribution in [0.25, 0.3) is 10.9 Å². The van der Waals surface area contributed by atoms with Crippen molar-refractivity contribution in [3.8, 4) is 5.75 Å². The monoisotopic (exact) mass is 282 g/mol. The highest BCUT2D eigenvalue weighted by Gasteiger charge is 2.07. The highest BCUT2D eigenvalue weighted by Crippen LogP contribution is 2.25. The van der Waals surface area contributed by atoms with E-state index in [-0.39, 0.29) is 5.82 Å². The highest BCUT2D eigenvalue weighted by atomic mass is 19.1. The van der Waals surface area contributed by atoms with Gasteiger partial charge in [-0.3, -0.25) is 4.98 Å². The Balaban J connectivity index is 1.90. The number of aryl methyl sites for hydroxylation is 1. The standard InChI is InChI=1S/C17H15FN2O/c1-11-9-13(18)5-7-16(11)21-10-12-4-6-15(19)14-3-2-8-20-17(12)14/h2-9H,10,19H2,1H3. The first-order valence-electron chi connectivity index (χ1n) is 6.66. The van der Waals surface area contributed by atoms with Crippen LogP contribution in [0.2, 0.25) is 0 Å². The van der Waals surface area contributed by atoms with E-state index in [0.29, 0.717) is 18.0 Å². The molecule has 3 rings (SSSR count). The Hall–Kier alpha value is -2.62.